The smallest absolute Gasteiger partial charge is 0.237 e. The minimum atomic E-state index is -0.108. The number of amides is 1. The van der Waals surface area contributed by atoms with Crippen LogP contribution in [0.3, 0.4) is 0 Å². The number of ether oxygens (including phenoxy) is 1. The van der Waals surface area contributed by atoms with E-state index in [0.717, 1.165) is 51.1 Å². The van der Waals surface area contributed by atoms with E-state index < -0.39 is 0 Å². The van der Waals surface area contributed by atoms with Crippen LogP contribution in [-0.2, 0) is 16.1 Å². The molecular weight excluding hydrogens is 316 g/mol. The van der Waals surface area contributed by atoms with Crippen molar-refractivity contribution >= 4 is 5.91 Å². The number of aromatic nitrogens is 2. The molecule has 2 aliphatic heterocycles. The summed E-state index contributed by atoms with van der Waals surface area (Å²) in [5.74, 6) is 0.121. The molecule has 1 aromatic heterocycles. The summed E-state index contributed by atoms with van der Waals surface area (Å²) in [5.41, 5.74) is 2.25. The van der Waals surface area contributed by atoms with Crippen molar-refractivity contribution in [2.75, 3.05) is 19.7 Å². The summed E-state index contributed by atoms with van der Waals surface area (Å²) in [6, 6.07) is 2.38. The molecule has 0 saturated carbocycles. The van der Waals surface area contributed by atoms with Crippen molar-refractivity contribution in [2.24, 2.45) is 0 Å². The molecule has 2 saturated heterocycles. The summed E-state index contributed by atoms with van der Waals surface area (Å²) in [5, 5.41) is 7.70. The molecule has 25 heavy (non-hydrogen) atoms. The van der Waals surface area contributed by atoms with Crippen molar-refractivity contribution in [1.82, 2.24) is 20.0 Å². The zero-order valence-electron chi connectivity index (χ0n) is 15.8. The van der Waals surface area contributed by atoms with Gasteiger partial charge in [-0.3, -0.25) is 14.4 Å². The van der Waals surface area contributed by atoms with Gasteiger partial charge in [0.1, 0.15) is 0 Å². The topological polar surface area (TPSA) is 59.4 Å². The zero-order valence-corrected chi connectivity index (χ0v) is 15.8. The molecule has 140 valence electrons. The molecule has 0 radical (unpaired) electrons. The highest BCUT2D eigenvalue weighted by molar-refractivity contribution is 5.81. The van der Waals surface area contributed by atoms with Crippen molar-refractivity contribution in [1.29, 1.82) is 0 Å². The van der Waals surface area contributed by atoms with E-state index in [4.69, 9.17) is 4.74 Å². The van der Waals surface area contributed by atoms with Crippen LogP contribution in [0.15, 0.2) is 6.07 Å². The van der Waals surface area contributed by atoms with E-state index in [0.29, 0.717) is 12.6 Å². The Morgan fingerprint density at radius 3 is 2.88 bits per heavy atom. The molecule has 6 heteroatoms. The average molecular weight is 348 g/mol. The number of likely N-dealkylation sites (tertiary alicyclic amines) is 1. The molecular formula is C19H32N4O2. The molecule has 0 aliphatic carbocycles. The Kier molecular flexibility index (Phi) is 6.12. The number of nitrogens with zero attached hydrogens (tertiary/aromatic N) is 3. The van der Waals surface area contributed by atoms with Crippen molar-refractivity contribution in [2.45, 2.75) is 77.6 Å². The second-order valence-corrected chi connectivity index (χ2v) is 7.55. The number of carbonyl (C=O) groups excluding carboxylic acids is 1. The highest BCUT2D eigenvalue weighted by Crippen LogP contribution is 2.22. The molecule has 1 N–H and O–H groups in total. The van der Waals surface area contributed by atoms with Crippen molar-refractivity contribution in [3.8, 4) is 0 Å². The van der Waals surface area contributed by atoms with Crippen molar-refractivity contribution in [3.63, 3.8) is 0 Å². The van der Waals surface area contributed by atoms with Gasteiger partial charge in [-0.25, -0.2) is 0 Å². The maximum Gasteiger partial charge on any atom is 0.237 e. The summed E-state index contributed by atoms with van der Waals surface area (Å²) < 4.78 is 7.70. The number of hydrogen-bond donors (Lipinski definition) is 1. The third kappa shape index (κ3) is 4.61. The first kappa shape index (κ1) is 18.4. The maximum atomic E-state index is 12.6. The summed E-state index contributed by atoms with van der Waals surface area (Å²) >= 11 is 0. The third-order valence-electron chi connectivity index (χ3n) is 5.56. The number of aryl methyl sites for hydroxylation is 2. The molecule has 0 spiro atoms. The van der Waals surface area contributed by atoms with Crippen LogP contribution in [-0.4, -0.2) is 58.5 Å². The fourth-order valence-electron chi connectivity index (χ4n) is 4.11. The number of piperidine rings is 1. The standard InChI is InChI=1S/C19H32N4O2/c1-14-11-15(2)23(21-14)13-17-7-4-5-9-22(17)16(3)19(24)20-12-18-8-6-10-25-18/h11,16-18H,4-10,12-13H2,1-3H3,(H,20,24)/t16-,17-,18-/m0/s1. The molecule has 1 aromatic rings. The van der Waals surface area contributed by atoms with Gasteiger partial charge < -0.3 is 10.1 Å². The first-order chi connectivity index (χ1) is 12.0. The van der Waals surface area contributed by atoms with E-state index in [-0.39, 0.29) is 18.1 Å². The van der Waals surface area contributed by atoms with Gasteiger partial charge in [0, 0.05) is 24.9 Å². The molecule has 1 amide bonds. The molecule has 2 fully saturated rings. The summed E-state index contributed by atoms with van der Waals surface area (Å²) in [4.78, 5) is 15.0. The van der Waals surface area contributed by atoms with Gasteiger partial charge in [-0.15, -0.1) is 0 Å². The minimum Gasteiger partial charge on any atom is -0.376 e. The lowest BCUT2D eigenvalue weighted by Gasteiger charge is -2.39. The number of hydrogen-bond acceptors (Lipinski definition) is 4. The summed E-state index contributed by atoms with van der Waals surface area (Å²) in [6.07, 6.45) is 5.87. The van der Waals surface area contributed by atoms with Gasteiger partial charge in [-0.2, -0.15) is 5.10 Å². The predicted octanol–water partition coefficient (Wildman–Crippen LogP) is 2.04. The van der Waals surface area contributed by atoms with E-state index in [9.17, 15) is 4.79 Å². The average Bonchev–Trinajstić information content (AvgIpc) is 3.22. The molecule has 3 rings (SSSR count). The van der Waals surface area contributed by atoms with Gasteiger partial charge in [-0.1, -0.05) is 6.42 Å². The lowest BCUT2D eigenvalue weighted by molar-refractivity contribution is -0.128. The predicted molar refractivity (Wildman–Crippen MR) is 97.5 cm³/mol. The minimum absolute atomic E-state index is 0.108. The Bertz CT molecular complexity index is 580. The Balaban J connectivity index is 1.58. The van der Waals surface area contributed by atoms with Gasteiger partial charge in [0.05, 0.1) is 24.4 Å². The Morgan fingerprint density at radius 2 is 2.20 bits per heavy atom. The molecule has 3 heterocycles. The van der Waals surface area contributed by atoms with Gasteiger partial charge in [-0.05, 0) is 59.1 Å². The fourth-order valence-corrected chi connectivity index (χ4v) is 4.11. The Morgan fingerprint density at radius 1 is 1.36 bits per heavy atom. The monoisotopic (exact) mass is 348 g/mol. The summed E-state index contributed by atoms with van der Waals surface area (Å²) in [6.45, 7) is 9.48. The van der Waals surface area contributed by atoms with E-state index >= 15 is 0 Å². The van der Waals surface area contributed by atoms with E-state index in [1.807, 2.05) is 13.8 Å². The molecule has 0 aromatic carbocycles. The first-order valence-corrected chi connectivity index (χ1v) is 9.70. The normalized spacial score (nSPS) is 25.9. The zero-order chi connectivity index (χ0) is 17.8. The molecule has 0 unspecified atom stereocenters. The third-order valence-corrected chi connectivity index (χ3v) is 5.56. The van der Waals surface area contributed by atoms with Gasteiger partial charge in [0.25, 0.3) is 0 Å². The highest BCUT2D eigenvalue weighted by Gasteiger charge is 2.31. The Hall–Kier alpha value is -1.40. The second-order valence-electron chi connectivity index (χ2n) is 7.55. The quantitative estimate of drug-likeness (QED) is 0.855. The fraction of sp³-hybridized carbons (Fsp3) is 0.789. The van der Waals surface area contributed by atoms with Crippen LogP contribution in [0, 0.1) is 13.8 Å². The van der Waals surface area contributed by atoms with Crippen LogP contribution in [0.2, 0.25) is 0 Å². The molecule has 6 nitrogen and oxygen atoms in total. The highest BCUT2D eigenvalue weighted by atomic mass is 16.5. The van der Waals surface area contributed by atoms with Crippen LogP contribution < -0.4 is 5.32 Å². The van der Waals surface area contributed by atoms with Crippen LogP contribution >= 0.6 is 0 Å². The largest absolute Gasteiger partial charge is 0.376 e. The Labute approximate surface area is 150 Å². The number of nitrogens with one attached hydrogen (secondary N) is 1. The maximum absolute atomic E-state index is 12.6. The van der Waals surface area contributed by atoms with Crippen molar-refractivity contribution < 1.29 is 9.53 Å². The van der Waals surface area contributed by atoms with Crippen molar-refractivity contribution in [3.05, 3.63) is 17.5 Å². The van der Waals surface area contributed by atoms with E-state index in [1.54, 1.807) is 0 Å². The van der Waals surface area contributed by atoms with E-state index in [2.05, 4.69) is 33.0 Å². The van der Waals surface area contributed by atoms with Crippen LogP contribution in [0.5, 0.6) is 0 Å². The molecule has 0 bridgehead atoms. The lowest BCUT2D eigenvalue weighted by atomic mass is 9.99. The van der Waals surface area contributed by atoms with Crippen LogP contribution in [0.1, 0.15) is 50.4 Å². The van der Waals surface area contributed by atoms with Gasteiger partial charge >= 0.3 is 0 Å². The molecule has 2 aliphatic rings. The first-order valence-electron chi connectivity index (χ1n) is 9.70. The van der Waals surface area contributed by atoms with Crippen LogP contribution in [0.25, 0.3) is 0 Å². The molecule has 3 atom stereocenters. The number of carbonyl (C=O) groups is 1. The van der Waals surface area contributed by atoms with Gasteiger partial charge in [0.2, 0.25) is 5.91 Å². The van der Waals surface area contributed by atoms with Crippen LogP contribution in [0.4, 0.5) is 0 Å². The van der Waals surface area contributed by atoms with E-state index in [1.165, 1.54) is 12.1 Å². The lowest BCUT2D eigenvalue weighted by Crippen LogP contribution is -2.53. The summed E-state index contributed by atoms with van der Waals surface area (Å²) in [7, 11) is 0. The number of rotatable bonds is 6. The second kappa shape index (κ2) is 8.32. The van der Waals surface area contributed by atoms with Gasteiger partial charge in [0.15, 0.2) is 0 Å². The SMILES string of the molecule is Cc1cc(C)n(C[C@@H]2CCCCN2[C@@H](C)C(=O)NC[C@@H]2CCCO2)n1.